The lowest BCUT2D eigenvalue weighted by Crippen LogP contribution is -2.49. The Hall–Kier alpha value is -1.76. The maximum atomic E-state index is 12.4. The van der Waals surface area contributed by atoms with E-state index in [0.717, 1.165) is 12.1 Å². The van der Waals surface area contributed by atoms with E-state index in [1.165, 1.54) is 12.1 Å². The van der Waals surface area contributed by atoms with Crippen molar-refractivity contribution in [1.29, 1.82) is 0 Å². The molecular formula is C13H15F3N2O2. The number of amides is 2. The van der Waals surface area contributed by atoms with Gasteiger partial charge in [-0.05, 0) is 24.3 Å². The number of halogens is 3. The number of anilines is 1. The van der Waals surface area contributed by atoms with E-state index in [9.17, 15) is 18.0 Å². The largest absolute Gasteiger partial charge is 0.416 e. The molecule has 0 radical (unpaired) electrons. The molecule has 20 heavy (non-hydrogen) atoms. The Balaban J connectivity index is 1.85. The van der Waals surface area contributed by atoms with Gasteiger partial charge < -0.3 is 15.4 Å². The van der Waals surface area contributed by atoms with Crippen molar-refractivity contribution >= 4 is 11.7 Å². The summed E-state index contributed by atoms with van der Waals surface area (Å²) < 4.78 is 42.2. The average Bonchev–Trinajstić information content (AvgIpc) is 2.33. The number of hydrogen-bond donors (Lipinski definition) is 2. The van der Waals surface area contributed by atoms with Gasteiger partial charge in [-0.1, -0.05) is 6.92 Å². The third-order valence-electron chi connectivity index (χ3n) is 3.05. The van der Waals surface area contributed by atoms with E-state index >= 15 is 0 Å². The van der Waals surface area contributed by atoms with E-state index in [2.05, 4.69) is 10.6 Å². The van der Waals surface area contributed by atoms with Gasteiger partial charge in [-0.2, -0.15) is 13.2 Å². The second-order valence-electron chi connectivity index (χ2n) is 5.19. The minimum atomic E-state index is -4.38. The zero-order valence-corrected chi connectivity index (χ0v) is 10.9. The number of hydrogen-bond acceptors (Lipinski definition) is 2. The average molecular weight is 288 g/mol. The summed E-state index contributed by atoms with van der Waals surface area (Å²) in [5, 5.41) is 5.15. The van der Waals surface area contributed by atoms with E-state index in [1.54, 1.807) is 0 Å². The number of carbonyl (C=O) groups excluding carboxylic acids is 1. The van der Waals surface area contributed by atoms with Crippen molar-refractivity contribution in [3.8, 4) is 0 Å². The Bertz CT molecular complexity index is 481. The SMILES string of the molecule is CC1(CNC(=O)Nc2ccc(C(F)(F)F)cc2)COC1. The Morgan fingerprint density at radius 2 is 1.90 bits per heavy atom. The number of urea groups is 1. The molecule has 0 aliphatic carbocycles. The van der Waals surface area contributed by atoms with Crippen LogP contribution in [0.4, 0.5) is 23.7 Å². The highest BCUT2D eigenvalue weighted by Gasteiger charge is 2.33. The molecule has 0 atom stereocenters. The molecular weight excluding hydrogens is 273 g/mol. The topological polar surface area (TPSA) is 50.4 Å². The molecule has 1 aromatic rings. The first-order valence-corrected chi connectivity index (χ1v) is 6.08. The molecule has 7 heteroatoms. The van der Waals surface area contributed by atoms with Gasteiger partial charge in [-0.15, -0.1) is 0 Å². The summed E-state index contributed by atoms with van der Waals surface area (Å²) in [4.78, 5) is 11.6. The molecule has 1 aromatic carbocycles. The summed E-state index contributed by atoms with van der Waals surface area (Å²) >= 11 is 0. The van der Waals surface area contributed by atoms with Crippen LogP contribution in [0, 0.1) is 5.41 Å². The van der Waals surface area contributed by atoms with E-state index < -0.39 is 17.8 Å². The van der Waals surface area contributed by atoms with Gasteiger partial charge in [0.25, 0.3) is 0 Å². The highest BCUT2D eigenvalue weighted by atomic mass is 19.4. The van der Waals surface area contributed by atoms with E-state index in [1.807, 2.05) is 6.92 Å². The molecule has 1 aliphatic rings. The van der Waals surface area contributed by atoms with Crippen molar-refractivity contribution < 1.29 is 22.7 Å². The highest BCUT2D eigenvalue weighted by Crippen LogP contribution is 2.29. The maximum absolute atomic E-state index is 12.4. The molecule has 0 unspecified atom stereocenters. The van der Waals surface area contributed by atoms with Crippen LogP contribution in [0.1, 0.15) is 12.5 Å². The third kappa shape index (κ3) is 3.63. The van der Waals surface area contributed by atoms with Crippen molar-refractivity contribution in [1.82, 2.24) is 5.32 Å². The molecule has 2 amide bonds. The fraction of sp³-hybridized carbons (Fsp3) is 0.462. The standard InChI is InChI=1S/C13H15F3N2O2/c1-12(7-20-8-12)6-17-11(19)18-10-4-2-9(3-5-10)13(14,15)16/h2-5H,6-8H2,1H3,(H2,17,18,19). The molecule has 2 rings (SSSR count). The van der Waals surface area contributed by atoms with Crippen molar-refractivity contribution in [2.24, 2.45) is 5.41 Å². The summed E-state index contributed by atoms with van der Waals surface area (Å²) in [6.07, 6.45) is -4.38. The Morgan fingerprint density at radius 3 is 2.35 bits per heavy atom. The summed E-state index contributed by atoms with van der Waals surface area (Å²) in [7, 11) is 0. The molecule has 4 nitrogen and oxygen atoms in total. The highest BCUT2D eigenvalue weighted by molar-refractivity contribution is 5.89. The number of carbonyl (C=O) groups is 1. The van der Waals surface area contributed by atoms with E-state index in [4.69, 9.17) is 4.74 Å². The number of alkyl halides is 3. The number of nitrogens with one attached hydrogen (secondary N) is 2. The van der Waals surface area contributed by atoms with Crippen LogP contribution in [0.3, 0.4) is 0 Å². The van der Waals surface area contributed by atoms with Crippen LogP contribution < -0.4 is 10.6 Å². The van der Waals surface area contributed by atoms with Gasteiger partial charge in [0.1, 0.15) is 0 Å². The normalized spacial score (nSPS) is 17.2. The molecule has 0 saturated carbocycles. The molecule has 1 heterocycles. The Kier molecular flexibility index (Phi) is 3.89. The van der Waals surface area contributed by atoms with Crippen LogP contribution in [-0.4, -0.2) is 25.8 Å². The molecule has 1 aliphatic heterocycles. The lowest BCUT2D eigenvalue weighted by molar-refractivity contribution is -0.137. The molecule has 110 valence electrons. The monoisotopic (exact) mass is 288 g/mol. The minimum absolute atomic E-state index is 0.0581. The van der Waals surface area contributed by atoms with Gasteiger partial charge in [0.2, 0.25) is 0 Å². The first-order chi connectivity index (χ1) is 9.28. The quantitative estimate of drug-likeness (QED) is 0.898. The third-order valence-corrected chi connectivity index (χ3v) is 3.05. The fourth-order valence-corrected chi connectivity index (χ4v) is 1.76. The predicted octanol–water partition coefficient (Wildman–Crippen LogP) is 2.86. The van der Waals surface area contributed by atoms with Gasteiger partial charge in [-0.25, -0.2) is 4.79 Å². The summed E-state index contributed by atoms with van der Waals surface area (Å²) in [5.74, 6) is 0. The van der Waals surface area contributed by atoms with Gasteiger partial charge in [-0.3, -0.25) is 0 Å². The predicted molar refractivity (Wildman–Crippen MR) is 67.4 cm³/mol. The zero-order chi connectivity index (χ0) is 14.8. The first kappa shape index (κ1) is 14.6. The van der Waals surface area contributed by atoms with Crippen molar-refractivity contribution in [2.75, 3.05) is 25.1 Å². The fourth-order valence-electron chi connectivity index (χ4n) is 1.76. The van der Waals surface area contributed by atoms with E-state index in [-0.39, 0.29) is 5.41 Å². The van der Waals surface area contributed by atoms with Crippen LogP contribution in [0.25, 0.3) is 0 Å². The van der Waals surface area contributed by atoms with Gasteiger partial charge in [0.05, 0.1) is 18.8 Å². The van der Waals surface area contributed by atoms with Crippen molar-refractivity contribution in [3.63, 3.8) is 0 Å². The summed E-state index contributed by atoms with van der Waals surface area (Å²) in [6.45, 7) is 3.62. The zero-order valence-electron chi connectivity index (χ0n) is 10.9. The number of ether oxygens (including phenoxy) is 1. The van der Waals surface area contributed by atoms with Crippen molar-refractivity contribution in [2.45, 2.75) is 13.1 Å². The van der Waals surface area contributed by atoms with Gasteiger partial charge >= 0.3 is 12.2 Å². The molecule has 0 spiro atoms. The Morgan fingerprint density at radius 1 is 1.30 bits per heavy atom. The molecule has 0 bridgehead atoms. The minimum Gasteiger partial charge on any atom is -0.380 e. The first-order valence-electron chi connectivity index (χ1n) is 6.08. The lowest BCUT2D eigenvalue weighted by atomic mass is 9.89. The van der Waals surface area contributed by atoms with Crippen LogP contribution >= 0.6 is 0 Å². The van der Waals surface area contributed by atoms with Crippen LogP contribution in [0.5, 0.6) is 0 Å². The number of benzene rings is 1. The molecule has 1 saturated heterocycles. The second-order valence-corrected chi connectivity index (χ2v) is 5.19. The van der Waals surface area contributed by atoms with Gasteiger partial charge in [0.15, 0.2) is 0 Å². The van der Waals surface area contributed by atoms with Crippen LogP contribution in [0.15, 0.2) is 24.3 Å². The lowest BCUT2D eigenvalue weighted by Gasteiger charge is -2.37. The van der Waals surface area contributed by atoms with Crippen LogP contribution in [-0.2, 0) is 10.9 Å². The summed E-state index contributed by atoms with van der Waals surface area (Å²) in [6, 6.07) is 3.85. The van der Waals surface area contributed by atoms with Crippen molar-refractivity contribution in [3.05, 3.63) is 29.8 Å². The molecule has 2 N–H and O–H groups in total. The van der Waals surface area contributed by atoms with E-state index in [0.29, 0.717) is 25.4 Å². The Labute approximate surface area is 114 Å². The smallest absolute Gasteiger partial charge is 0.380 e. The number of rotatable bonds is 3. The van der Waals surface area contributed by atoms with Crippen LogP contribution in [0.2, 0.25) is 0 Å². The summed E-state index contributed by atoms with van der Waals surface area (Å²) in [5.41, 5.74) is -0.495. The maximum Gasteiger partial charge on any atom is 0.416 e. The second kappa shape index (κ2) is 5.32. The molecule has 0 aromatic heterocycles. The molecule has 1 fully saturated rings. The van der Waals surface area contributed by atoms with Gasteiger partial charge in [0, 0.05) is 17.6 Å².